The molecule has 2 aromatic rings. The SMILES string of the molecule is COc1cc(Br)c(CNc2ccc([N+](=O)[O-])cc2C)cc1OC. The van der Waals surface area contributed by atoms with Gasteiger partial charge < -0.3 is 14.8 Å². The predicted molar refractivity (Wildman–Crippen MR) is 92.4 cm³/mol. The zero-order chi connectivity index (χ0) is 17.0. The zero-order valence-electron chi connectivity index (χ0n) is 13.1. The van der Waals surface area contributed by atoms with Gasteiger partial charge in [-0.3, -0.25) is 10.1 Å². The summed E-state index contributed by atoms with van der Waals surface area (Å²) in [4.78, 5) is 10.4. The second-order valence-electron chi connectivity index (χ2n) is 4.91. The highest BCUT2D eigenvalue weighted by atomic mass is 79.9. The zero-order valence-corrected chi connectivity index (χ0v) is 14.6. The molecule has 0 fully saturated rings. The molecule has 0 aliphatic heterocycles. The smallest absolute Gasteiger partial charge is 0.269 e. The van der Waals surface area contributed by atoms with Crippen LogP contribution in [0, 0.1) is 17.0 Å². The van der Waals surface area contributed by atoms with E-state index in [0.717, 1.165) is 21.3 Å². The molecule has 122 valence electrons. The molecule has 0 bridgehead atoms. The van der Waals surface area contributed by atoms with Crippen molar-refractivity contribution in [3.8, 4) is 11.5 Å². The van der Waals surface area contributed by atoms with Crippen LogP contribution in [0.2, 0.25) is 0 Å². The van der Waals surface area contributed by atoms with Crippen molar-refractivity contribution < 1.29 is 14.4 Å². The molecular weight excluding hydrogens is 364 g/mol. The van der Waals surface area contributed by atoms with E-state index in [9.17, 15) is 10.1 Å². The number of nitrogens with one attached hydrogen (secondary N) is 1. The van der Waals surface area contributed by atoms with Crippen molar-refractivity contribution in [2.45, 2.75) is 13.5 Å². The second kappa shape index (κ2) is 7.32. The van der Waals surface area contributed by atoms with E-state index in [1.807, 2.05) is 19.1 Å². The minimum Gasteiger partial charge on any atom is -0.493 e. The van der Waals surface area contributed by atoms with E-state index in [-0.39, 0.29) is 5.69 Å². The molecule has 7 heteroatoms. The Kier molecular flexibility index (Phi) is 5.44. The van der Waals surface area contributed by atoms with Crippen LogP contribution in [0.4, 0.5) is 11.4 Å². The Morgan fingerprint density at radius 2 is 1.83 bits per heavy atom. The van der Waals surface area contributed by atoms with Gasteiger partial charge in [0.2, 0.25) is 0 Å². The van der Waals surface area contributed by atoms with E-state index >= 15 is 0 Å². The van der Waals surface area contributed by atoms with Crippen molar-refractivity contribution >= 4 is 27.3 Å². The third kappa shape index (κ3) is 3.92. The second-order valence-corrected chi connectivity index (χ2v) is 5.76. The minimum atomic E-state index is -0.401. The summed E-state index contributed by atoms with van der Waals surface area (Å²) in [5.41, 5.74) is 2.73. The molecule has 23 heavy (non-hydrogen) atoms. The van der Waals surface area contributed by atoms with Gasteiger partial charge in [0, 0.05) is 28.8 Å². The summed E-state index contributed by atoms with van der Waals surface area (Å²) in [6, 6.07) is 8.47. The molecule has 1 N–H and O–H groups in total. The van der Waals surface area contributed by atoms with Gasteiger partial charge in [0.05, 0.1) is 19.1 Å². The first-order valence-corrected chi connectivity index (χ1v) is 7.65. The van der Waals surface area contributed by atoms with Crippen molar-refractivity contribution in [1.29, 1.82) is 0 Å². The number of methoxy groups -OCH3 is 2. The van der Waals surface area contributed by atoms with E-state index in [1.165, 1.54) is 6.07 Å². The van der Waals surface area contributed by atoms with Crippen LogP contribution >= 0.6 is 15.9 Å². The Hall–Kier alpha value is -2.28. The molecule has 2 aromatic carbocycles. The molecule has 0 aliphatic carbocycles. The van der Waals surface area contributed by atoms with Crippen molar-refractivity contribution in [2.75, 3.05) is 19.5 Å². The molecule has 0 radical (unpaired) electrons. The summed E-state index contributed by atoms with van der Waals surface area (Å²) in [6.07, 6.45) is 0. The molecule has 0 atom stereocenters. The molecule has 0 unspecified atom stereocenters. The molecule has 0 saturated carbocycles. The number of hydrogen-bond acceptors (Lipinski definition) is 5. The summed E-state index contributed by atoms with van der Waals surface area (Å²) in [6.45, 7) is 2.37. The minimum absolute atomic E-state index is 0.0837. The Balaban J connectivity index is 2.19. The van der Waals surface area contributed by atoms with E-state index in [0.29, 0.717) is 18.0 Å². The fourth-order valence-corrected chi connectivity index (χ4v) is 2.64. The van der Waals surface area contributed by atoms with Crippen LogP contribution in [0.25, 0.3) is 0 Å². The van der Waals surface area contributed by atoms with E-state index in [1.54, 1.807) is 26.4 Å². The van der Waals surface area contributed by atoms with Crippen LogP contribution in [0.15, 0.2) is 34.8 Å². The van der Waals surface area contributed by atoms with Crippen molar-refractivity contribution in [1.82, 2.24) is 0 Å². The van der Waals surface area contributed by atoms with Crippen LogP contribution in [0.5, 0.6) is 11.5 Å². The number of hydrogen-bond donors (Lipinski definition) is 1. The number of aryl methyl sites for hydroxylation is 1. The number of nitro groups is 1. The Bertz CT molecular complexity index is 734. The fourth-order valence-electron chi connectivity index (χ4n) is 2.18. The summed E-state index contributed by atoms with van der Waals surface area (Å²) < 4.78 is 11.4. The van der Waals surface area contributed by atoms with Crippen molar-refractivity contribution in [2.24, 2.45) is 0 Å². The lowest BCUT2D eigenvalue weighted by Gasteiger charge is -2.14. The van der Waals surface area contributed by atoms with Gasteiger partial charge in [0.1, 0.15) is 0 Å². The molecule has 0 saturated heterocycles. The van der Waals surface area contributed by atoms with Crippen LogP contribution in [0.3, 0.4) is 0 Å². The maximum absolute atomic E-state index is 10.8. The molecule has 0 aromatic heterocycles. The fraction of sp³-hybridized carbons (Fsp3) is 0.250. The number of halogens is 1. The number of nitro benzene ring substituents is 1. The molecule has 0 heterocycles. The van der Waals surface area contributed by atoms with Crippen LogP contribution < -0.4 is 14.8 Å². The summed E-state index contributed by atoms with van der Waals surface area (Å²) in [5, 5.41) is 14.0. The maximum atomic E-state index is 10.8. The standard InChI is InChI=1S/C16H17BrN2O4/c1-10-6-12(19(20)21)4-5-14(10)18-9-11-7-15(22-2)16(23-3)8-13(11)17/h4-8,18H,9H2,1-3H3. The molecule has 0 spiro atoms. The Morgan fingerprint density at radius 1 is 1.17 bits per heavy atom. The van der Waals surface area contributed by atoms with E-state index in [2.05, 4.69) is 21.2 Å². The third-order valence-corrected chi connectivity index (χ3v) is 4.18. The van der Waals surface area contributed by atoms with Crippen molar-refractivity contribution in [3.05, 3.63) is 56.0 Å². The van der Waals surface area contributed by atoms with Crippen molar-refractivity contribution in [3.63, 3.8) is 0 Å². The first kappa shape index (κ1) is 17.1. The number of benzene rings is 2. The Labute approximate surface area is 142 Å². The molecule has 0 aliphatic rings. The van der Waals surface area contributed by atoms with Gasteiger partial charge in [-0.05, 0) is 36.2 Å². The van der Waals surface area contributed by atoms with Gasteiger partial charge >= 0.3 is 0 Å². The lowest BCUT2D eigenvalue weighted by molar-refractivity contribution is -0.384. The number of anilines is 1. The van der Waals surface area contributed by atoms with Gasteiger partial charge in [-0.2, -0.15) is 0 Å². The number of rotatable bonds is 6. The topological polar surface area (TPSA) is 73.6 Å². The lowest BCUT2D eigenvalue weighted by atomic mass is 10.1. The highest BCUT2D eigenvalue weighted by molar-refractivity contribution is 9.10. The van der Waals surface area contributed by atoms with E-state index in [4.69, 9.17) is 9.47 Å². The molecule has 2 rings (SSSR count). The molecule has 0 amide bonds. The first-order chi connectivity index (χ1) is 11.0. The predicted octanol–water partition coefficient (Wildman–Crippen LogP) is 4.30. The molecule has 6 nitrogen and oxygen atoms in total. The largest absolute Gasteiger partial charge is 0.493 e. The summed E-state index contributed by atoms with van der Waals surface area (Å²) in [7, 11) is 3.17. The lowest BCUT2D eigenvalue weighted by Crippen LogP contribution is -2.03. The third-order valence-electron chi connectivity index (χ3n) is 3.44. The van der Waals surface area contributed by atoms with Gasteiger partial charge in [-0.25, -0.2) is 0 Å². The van der Waals surface area contributed by atoms with E-state index < -0.39 is 4.92 Å². The normalized spacial score (nSPS) is 10.3. The highest BCUT2D eigenvalue weighted by Crippen LogP contribution is 2.33. The first-order valence-electron chi connectivity index (χ1n) is 6.85. The van der Waals surface area contributed by atoms with Gasteiger partial charge in [-0.15, -0.1) is 0 Å². The summed E-state index contributed by atoms with van der Waals surface area (Å²) >= 11 is 3.51. The van der Waals surface area contributed by atoms with Gasteiger partial charge in [-0.1, -0.05) is 15.9 Å². The average Bonchev–Trinajstić information content (AvgIpc) is 2.54. The quantitative estimate of drug-likeness (QED) is 0.597. The number of nitrogens with zero attached hydrogens (tertiary/aromatic N) is 1. The monoisotopic (exact) mass is 380 g/mol. The van der Waals surface area contributed by atoms with Crippen LogP contribution in [0.1, 0.15) is 11.1 Å². The van der Waals surface area contributed by atoms with Crippen LogP contribution in [-0.4, -0.2) is 19.1 Å². The average molecular weight is 381 g/mol. The number of ether oxygens (including phenoxy) is 2. The number of non-ortho nitro benzene ring substituents is 1. The maximum Gasteiger partial charge on any atom is 0.269 e. The van der Waals surface area contributed by atoms with Gasteiger partial charge in [0.15, 0.2) is 11.5 Å². The Morgan fingerprint density at radius 3 is 2.39 bits per heavy atom. The summed E-state index contributed by atoms with van der Waals surface area (Å²) in [5.74, 6) is 1.29. The van der Waals surface area contributed by atoms with Gasteiger partial charge in [0.25, 0.3) is 5.69 Å². The van der Waals surface area contributed by atoms with Crippen LogP contribution in [-0.2, 0) is 6.54 Å². The molecular formula is C16H17BrN2O4. The highest BCUT2D eigenvalue weighted by Gasteiger charge is 2.11.